The van der Waals surface area contributed by atoms with Gasteiger partial charge in [0.25, 0.3) is 0 Å². The average molecular weight is 290 g/mol. The van der Waals surface area contributed by atoms with E-state index in [2.05, 4.69) is 5.32 Å². The lowest BCUT2D eigenvalue weighted by Crippen LogP contribution is -2.40. The number of carbonyl (C=O) groups is 2. The summed E-state index contributed by atoms with van der Waals surface area (Å²) in [6, 6.07) is 7.57. The zero-order valence-corrected chi connectivity index (χ0v) is 13.0. The fourth-order valence-electron chi connectivity index (χ4n) is 2.41. The molecule has 21 heavy (non-hydrogen) atoms. The summed E-state index contributed by atoms with van der Waals surface area (Å²) in [7, 11) is 1.77. The van der Waals surface area contributed by atoms with Crippen molar-refractivity contribution in [1.82, 2.24) is 5.32 Å². The van der Waals surface area contributed by atoms with Gasteiger partial charge in [0.15, 0.2) is 0 Å². The van der Waals surface area contributed by atoms with Gasteiger partial charge < -0.3 is 9.64 Å². The van der Waals surface area contributed by atoms with Crippen molar-refractivity contribution in [3.05, 3.63) is 29.8 Å². The SMILES string of the molecule is CN1C(=O)CC(NCC(=O)OC(C)(C)C)c2ccccc21. The van der Waals surface area contributed by atoms with Gasteiger partial charge in [-0.1, -0.05) is 18.2 Å². The second kappa shape index (κ2) is 5.85. The fourth-order valence-corrected chi connectivity index (χ4v) is 2.41. The van der Waals surface area contributed by atoms with Crippen molar-refractivity contribution in [3.63, 3.8) is 0 Å². The van der Waals surface area contributed by atoms with E-state index in [1.165, 1.54) is 0 Å². The summed E-state index contributed by atoms with van der Waals surface area (Å²) >= 11 is 0. The van der Waals surface area contributed by atoms with E-state index >= 15 is 0 Å². The van der Waals surface area contributed by atoms with E-state index in [1.807, 2.05) is 45.0 Å². The number of para-hydroxylation sites is 1. The molecule has 1 heterocycles. The molecule has 5 heteroatoms. The number of esters is 1. The molecule has 0 spiro atoms. The highest BCUT2D eigenvalue weighted by atomic mass is 16.6. The molecule has 1 unspecified atom stereocenters. The minimum Gasteiger partial charge on any atom is -0.459 e. The third kappa shape index (κ3) is 3.82. The first kappa shape index (κ1) is 15.5. The smallest absolute Gasteiger partial charge is 0.320 e. The van der Waals surface area contributed by atoms with Crippen LogP contribution in [0.15, 0.2) is 24.3 Å². The fraction of sp³-hybridized carbons (Fsp3) is 0.500. The van der Waals surface area contributed by atoms with Crippen LogP contribution in [0.2, 0.25) is 0 Å². The van der Waals surface area contributed by atoms with Gasteiger partial charge in [-0.3, -0.25) is 14.9 Å². The molecule has 0 saturated carbocycles. The van der Waals surface area contributed by atoms with Crippen molar-refractivity contribution in [2.24, 2.45) is 0 Å². The Hall–Kier alpha value is -1.88. The standard InChI is InChI=1S/C16H22N2O3/c1-16(2,3)21-15(20)10-17-12-9-14(19)18(4)13-8-6-5-7-11(12)13/h5-8,12,17H,9-10H2,1-4H3. The predicted molar refractivity (Wildman–Crippen MR) is 81.1 cm³/mol. The van der Waals surface area contributed by atoms with E-state index in [0.29, 0.717) is 6.42 Å². The maximum absolute atomic E-state index is 12.0. The highest BCUT2D eigenvalue weighted by molar-refractivity contribution is 5.96. The van der Waals surface area contributed by atoms with E-state index in [9.17, 15) is 9.59 Å². The largest absolute Gasteiger partial charge is 0.459 e. The number of fused-ring (bicyclic) bond motifs is 1. The van der Waals surface area contributed by atoms with Crippen molar-refractivity contribution < 1.29 is 14.3 Å². The first-order valence-electron chi connectivity index (χ1n) is 7.08. The van der Waals surface area contributed by atoms with Gasteiger partial charge in [0.05, 0.1) is 6.54 Å². The summed E-state index contributed by atoms with van der Waals surface area (Å²) in [5.41, 5.74) is 1.41. The number of nitrogens with zero attached hydrogens (tertiary/aromatic N) is 1. The Labute approximate surface area is 125 Å². The van der Waals surface area contributed by atoms with Crippen LogP contribution in [0.25, 0.3) is 0 Å². The van der Waals surface area contributed by atoms with Gasteiger partial charge in [0.2, 0.25) is 5.91 Å². The summed E-state index contributed by atoms with van der Waals surface area (Å²) in [4.78, 5) is 25.4. The van der Waals surface area contributed by atoms with Crippen molar-refractivity contribution in [2.45, 2.75) is 38.8 Å². The molecule has 0 saturated heterocycles. The highest BCUT2D eigenvalue weighted by Gasteiger charge is 2.29. The van der Waals surface area contributed by atoms with Crippen LogP contribution in [0.3, 0.4) is 0 Å². The van der Waals surface area contributed by atoms with E-state index in [0.717, 1.165) is 11.3 Å². The second-order valence-electron chi connectivity index (χ2n) is 6.24. The molecule has 1 N–H and O–H groups in total. The Balaban J connectivity index is 2.06. The number of carbonyl (C=O) groups excluding carboxylic acids is 2. The van der Waals surface area contributed by atoms with Crippen LogP contribution < -0.4 is 10.2 Å². The molecule has 0 fully saturated rings. The molecule has 1 aromatic carbocycles. The van der Waals surface area contributed by atoms with Gasteiger partial charge in [-0.05, 0) is 32.4 Å². The molecule has 114 valence electrons. The van der Waals surface area contributed by atoms with E-state index < -0.39 is 5.60 Å². The molecule has 0 aromatic heterocycles. The monoisotopic (exact) mass is 290 g/mol. The van der Waals surface area contributed by atoms with E-state index in [1.54, 1.807) is 11.9 Å². The molecular weight excluding hydrogens is 268 g/mol. The summed E-state index contributed by atoms with van der Waals surface area (Å²) in [6.45, 7) is 5.59. The zero-order valence-electron chi connectivity index (χ0n) is 13.0. The topological polar surface area (TPSA) is 58.6 Å². The summed E-state index contributed by atoms with van der Waals surface area (Å²) in [5, 5.41) is 3.13. The van der Waals surface area contributed by atoms with Gasteiger partial charge in [0.1, 0.15) is 5.60 Å². The number of anilines is 1. The van der Waals surface area contributed by atoms with E-state index in [4.69, 9.17) is 4.74 Å². The van der Waals surface area contributed by atoms with Crippen LogP contribution in [0, 0.1) is 0 Å². The molecule has 0 radical (unpaired) electrons. The maximum Gasteiger partial charge on any atom is 0.320 e. The normalized spacial score (nSPS) is 18.4. The third-order valence-corrected chi connectivity index (χ3v) is 3.34. The number of ether oxygens (including phenoxy) is 1. The lowest BCUT2D eigenvalue weighted by Gasteiger charge is -2.32. The Morgan fingerprint density at radius 2 is 2.05 bits per heavy atom. The number of hydrogen-bond donors (Lipinski definition) is 1. The number of nitrogens with one attached hydrogen (secondary N) is 1. The molecule has 1 aromatic rings. The molecular formula is C16H22N2O3. The van der Waals surface area contributed by atoms with Crippen LogP contribution in [-0.4, -0.2) is 31.1 Å². The van der Waals surface area contributed by atoms with Crippen LogP contribution in [-0.2, 0) is 14.3 Å². The van der Waals surface area contributed by atoms with Crippen molar-refractivity contribution in [2.75, 3.05) is 18.5 Å². The second-order valence-corrected chi connectivity index (χ2v) is 6.24. The number of rotatable bonds is 3. The van der Waals surface area contributed by atoms with Gasteiger partial charge in [-0.15, -0.1) is 0 Å². The van der Waals surface area contributed by atoms with Gasteiger partial charge >= 0.3 is 5.97 Å². The first-order valence-corrected chi connectivity index (χ1v) is 7.08. The Bertz CT molecular complexity index is 549. The Kier molecular flexibility index (Phi) is 4.32. The van der Waals surface area contributed by atoms with Gasteiger partial charge in [-0.2, -0.15) is 0 Å². The molecule has 1 aliphatic rings. The van der Waals surface area contributed by atoms with Gasteiger partial charge in [-0.25, -0.2) is 0 Å². The lowest BCUT2D eigenvalue weighted by molar-refractivity contribution is -0.153. The Morgan fingerprint density at radius 3 is 2.71 bits per heavy atom. The van der Waals surface area contributed by atoms with Crippen LogP contribution in [0.4, 0.5) is 5.69 Å². The molecule has 2 rings (SSSR count). The van der Waals surface area contributed by atoms with Crippen molar-refractivity contribution >= 4 is 17.6 Å². The van der Waals surface area contributed by atoms with Crippen molar-refractivity contribution in [1.29, 1.82) is 0 Å². The molecule has 1 amide bonds. The number of hydrogen-bond acceptors (Lipinski definition) is 4. The van der Waals surface area contributed by atoms with E-state index in [-0.39, 0.29) is 24.5 Å². The molecule has 0 bridgehead atoms. The average Bonchev–Trinajstić information content (AvgIpc) is 2.39. The minimum atomic E-state index is -0.501. The Morgan fingerprint density at radius 1 is 1.38 bits per heavy atom. The molecule has 0 aliphatic carbocycles. The van der Waals surface area contributed by atoms with Crippen LogP contribution in [0.5, 0.6) is 0 Å². The lowest BCUT2D eigenvalue weighted by atomic mass is 9.96. The molecule has 5 nitrogen and oxygen atoms in total. The number of benzene rings is 1. The maximum atomic E-state index is 12.0. The first-order chi connectivity index (χ1) is 9.78. The highest BCUT2D eigenvalue weighted by Crippen LogP contribution is 2.33. The number of amides is 1. The summed E-state index contributed by atoms with van der Waals surface area (Å²) < 4.78 is 5.27. The van der Waals surface area contributed by atoms with Crippen LogP contribution in [0.1, 0.15) is 38.8 Å². The van der Waals surface area contributed by atoms with Crippen molar-refractivity contribution in [3.8, 4) is 0 Å². The van der Waals surface area contributed by atoms with Gasteiger partial charge in [0, 0.05) is 25.2 Å². The quantitative estimate of drug-likeness (QED) is 0.865. The molecule has 1 atom stereocenters. The summed E-state index contributed by atoms with van der Waals surface area (Å²) in [6.07, 6.45) is 0.344. The summed E-state index contributed by atoms with van der Waals surface area (Å²) in [5.74, 6) is -0.276. The minimum absolute atomic E-state index is 0.0374. The zero-order chi connectivity index (χ0) is 15.6. The molecule has 1 aliphatic heterocycles. The third-order valence-electron chi connectivity index (χ3n) is 3.34. The predicted octanol–water partition coefficient (Wildman–Crippen LogP) is 2.03. The van der Waals surface area contributed by atoms with Crippen LogP contribution >= 0.6 is 0 Å².